The first kappa shape index (κ1) is 19.8. The Balaban J connectivity index is 1.56. The lowest BCUT2D eigenvalue weighted by molar-refractivity contribution is 0.392. The van der Waals surface area contributed by atoms with Gasteiger partial charge >= 0.3 is 0 Å². The molecule has 0 saturated carbocycles. The molecule has 0 bridgehead atoms. The zero-order valence-corrected chi connectivity index (χ0v) is 17.9. The topological polar surface area (TPSA) is 80.0 Å². The van der Waals surface area contributed by atoms with Gasteiger partial charge in [-0.05, 0) is 20.3 Å². The molecule has 3 heterocycles. The molecule has 2 aromatic heterocycles. The van der Waals surface area contributed by atoms with Crippen LogP contribution >= 0.6 is 11.3 Å². The Morgan fingerprint density at radius 2 is 2.19 bits per heavy atom. The van der Waals surface area contributed by atoms with E-state index in [4.69, 9.17) is 9.98 Å². The Bertz CT molecular complexity index is 784. The number of fused-ring (bicyclic) bond motifs is 1. The summed E-state index contributed by atoms with van der Waals surface area (Å²) in [6.07, 6.45) is 2.87. The van der Waals surface area contributed by atoms with E-state index in [1.54, 1.807) is 11.3 Å². The van der Waals surface area contributed by atoms with E-state index >= 15 is 0 Å². The second-order valence-electron chi connectivity index (χ2n) is 8.02. The summed E-state index contributed by atoms with van der Waals surface area (Å²) in [6, 6.07) is 0.323. The third-order valence-electron chi connectivity index (χ3n) is 4.56. The Labute approximate surface area is 165 Å². The molecule has 3 rings (SSSR count). The molecule has 148 valence electrons. The van der Waals surface area contributed by atoms with Crippen molar-refractivity contribution in [2.45, 2.75) is 71.9 Å². The fourth-order valence-corrected chi connectivity index (χ4v) is 4.11. The summed E-state index contributed by atoms with van der Waals surface area (Å²) >= 11 is 1.73. The zero-order chi connectivity index (χ0) is 19.4. The van der Waals surface area contributed by atoms with E-state index < -0.39 is 0 Å². The highest BCUT2D eigenvalue weighted by Gasteiger charge is 2.21. The summed E-state index contributed by atoms with van der Waals surface area (Å²) in [5.74, 6) is 2.81. The molecule has 0 radical (unpaired) electrons. The standard InChI is InChI=1S/C19H31N7S/c1-6-20-18(21-10-9-17-24-15(12-27-17)19(3,4)5)23-14-7-8-16-22-13(2)25-26(16)11-14/h12,14H,6-11H2,1-5H3,(H2,20,21,23). The molecule has 1 unspecified atom stereocenters. The van der Waals surface area contributed by atoms with Gasteiger partial charge in [-0.15, -0.1) is 11.3 Å². The van der Waals surface area contributed by atoms with Crippen molar-refractivity contribution in [1.29, 1.82) is 0 Å². The van der Waals surface area contributed by atoms with Gasteiger partial charge in [0.25, 0.3) is 0 Å². The summed E-state index contributed by atoms with van der Waals surface area (Å²) in [4.78, 5) is 14.0. The molecule has 0 aromatic carbocycles. The van der Waals surface area contributed by atoms with Gasteiger partial charge in [-0.3, -0.25) is 4.99 Å². The molecular formula is C19H31N7S. The van der Waals surface area contributed by atoms with Crippen molar-refractivity contribution in [3.8, 4) is 0 Å². The van der Waals surface area contributed by atoms with Crippen molar-refractivity contribution < 1.29 is 0 Å². The minimum atomic E-state index is 0.105. The highest BCUT2D eigenvalue weighted by Crippen LogP contribution is 2.24. The van der Waals surface area contributed by atoms with Crippen LogP contribution in [0.15, 0.2) is 10.4 Å². The van der Waals surface area contributed by atoms with Gasteiger partial charge in [0.15, 0.2) is 5.96 Å². The third-order valence-corrected chi connectivity index (χ3v) is 5.47. The molecule has 1 atom stereocenters. The van der Waals surface area contributed by atoms with E-state index in [0.717, 1.165) is 67.2 Å². The second kappa shape index (κ2) is 8.37. The first-order valence-electron chi connectivity index (χ1n) is 9.75. The number of aliphatic imine (C=N–C) groups is 1. The molecule has 0 spiro atoms. The van der Waals surface area contributed by atoms with Crippen molar-refractivity contribution in [2.75, 3.05) is 13.1 Å². The van der Waals surface area contributed by atoms with Crippen LogP contribution in [-0.2, 0) is 24.8 Å². The number of nitrogens with one attached hydrogen (secondary N) is 2. The number of aryl methyl sites for hydroxylation is 2. The van der Waals surface area contributed by atoms with Gasteiger partial charge in [0.1, 0.15) is 11.6 Å². The minimum Gasteiger partial charge on any atom is -0.357 e. The Morgan fingerprint density at radius 3 is 2.89 bits per heavy atom. The van der Waals surface area contributed by atoms with E-state index in [-0.39, 0.29) is 5.41 Å². The lowest BCUT2D eigenvalue weighted by atomic mass is 9.93. The molecule has 0 saturated heterocycles. The van der Waals surface area contributed by atoms with Crippen LogP contribution in [0.2, 0.25) is 0 Å². The van der Waals surface area contributed by atoms with E-state index in [0.29, 0.717) is 6.04 Å². The number of rotatable bonds is 5. The van der Waals surface area contributed by atoms with Gasteiger partial charge in [0.2, 0.25) is 0 Å². The zero-order valence-electron chi connectivity index (χ0n) is 17.0. The van der Waals surface area contributed by atoms with Crippen LogP contribution in [0.1, 0.15) is 56.5 Å². The van der Waals surface area contributed by atoms with Crippen molar-refractivity contribution in [2.24, 2.45) is 4.99 Å². The van der Waals surface area contributed by atoms with Gasteiger partial charge < -0.3 is 10.6 Å². The summed E-state index contributed by atoms with van der Waals surface area (Å²) in [5.41, 5.74) is 1.27. The van der Waals surface area contributed by atoms with Crippen LogP contribution in [0, 0.1) is 6.92 Å². The summed E-state index contributed by atoms with van der Waals surface area (Å²) in [7, 11) is 0. The molecule has 0 aliphatic carbocycles. The van der Waals surface area contributed by atoms with Crippen LogP contribution in [0.5, 0.6) is 0 Å². The van der Waals surface area contributed by atoms with Crippen molar-refractivity contribution in [3.63, 3.8) is 0 Å². The van der Waals surface area contributed by atoms with E-state index in [9.17, 15) is 0 Å². The lowest BCUT2D eigenvalue weighted by Gasteiger charge is -2.25. The molecule has 8 heteroatoms. The Kier molecular flexibility index (Phi) is 6.14. The van der Waals surface area contributed by atoms with Gasteiger partial charge in [-0.2, -0.15) is 5.10 Å². The van der Waals surface area contributed by atoms with Crippen LogP contribution in [0.4, 0.5) is 0 Å². The summed E-state index contributed by atoms with van der Waals surface area (Å²) < 4.78 is 2.02. The number of guanidine groups is 1. The fourth-order valence-electron chi connectivity index (χ4n) is 3.10. The van der Waals surface area contributed by atoms with Gasteiger partial charge in [-0.1, -0.05) is 20.8 Å². The number of nitrogens with zero attached hydrogens (tertiary/aromatic N) is 5. The first-order valence-corrected chi connectivity index (χ1v) is 10.6. The summed E-state index contributed by atoms with van der Waals surface area (Å²) in [6.45, 7) is 13.0. The maximum absolute atomic E-state index is 4.76. The molecule has 0 amide bonds. The maximum atomic E-state index is 4.76. The van der Waals surface area contributed by atoms with Gasteiger partial charge in [-0.25, -0.2) is 14.6 Å². The van der Waals surface area contributed by atoms with Crippen LogP contribution in [-0.4, -0.2) is 44.8 Å². The quantitative estimate of drug-likeness (QED) is 0.606. The van der Waals surface area contributed by atoms with Crippen LogP contribution in [0.25, 0.3) is 0 Å². The Morgan fingerprint density at radius 1 is 1.37 bits per heavy atom. The smallest absolute Gasteiger partial charge is 0.191 e. The predicted molar refractivity (Wildman–Crippen MR) is 111 cm³/mol. The number of hydrogen-bond acceptors (Lipinski definition) is 5. The maximum Gasteiger partial charge on any atom is 0.191 e. The van der Waals surface area contributed by atoms with E-state index in [1.165, 1.54) is 0 Å². The largest absolute Gasteiger partial charge is 0.357 e. The van der Waals surface area contributed by atoms with Gasteiger partial charge in [0, 0.05) is 42.8 Å². The van der Waals surface area contributed by atoms with Crippen LogP contribution < -0.4 is 10.6 Å². The normalized spacial score (nSPS) is 17.7. The number of aromatic nitrogens is 4. The molecule has 7 nitrogen and oxygen atoms in total. The molecule has 2 N–H and O–H groups in total. The van der Waals surface area contributed by atoms with E-state index in [1.807, 2.05) is 11.6 Å². The first-order chi connectivity index (χ1) is 12.8. The monoisotopic (exact) mass is 389 g/mol. The molecular weight excluding hydrogens is 358 g/mol. The van der Waals surface area contributed by atoms with Crippen molar-refractivity contribution in [3.05, 3.63) is 27.7 Å². The SMILES string of the molecule is CCNC(=NCCc1nc(C(C)(C)C)cs1)NC1CCc2nc(C)nn2C1. The molecule has 2 aromatic rings. The minimum absolute atomic E-state index is 0.105. The average Bonchev–Trinajstić information content (AvgIpc) is 3.20. The van der Waals surface area contributed by atoms with Crippen molar-refractivity contribution in [1.82, 2.24) is 30.4 Å². The lowest BCUT2D eigenvalue weighted by Crippen LogP contribution is -2.47. The number of hydrogen-bond donors (Lipinski definition) is 2. The Hall–Kier alpha value is -1.96. The second-order valence-corrected chi connectivity index (χ2v) is 8.97. The molecule has 0 fully saturated rings. The van der Waals surface area contributed by atoms with Crippen LogP contribution in [0.3, 0.4) is 0 Å². The molecule has 27 heavy (non-hydrogen) atoms. The molecule has 1 aliphatic rings. The number of thiazole rings is 1. The third kappa shape index (κ3) is 5.28. The summed E-state index contributed by atoms with van der Waals surface area (Å²) in [5, 5.41) is 14.7. The predicted octanol–water partition coefficient (Wildman–Crippen LogP) is 2.45. The average molecular weight is 390 g/mol. The fraction of sp³-hybridized carbons (Fsp3) is 0.684. The molecule has 1 aliphatic heterocycles. The van der Waals surface area contributed by atoms with E-state index in [2.05, 4.69) is 53.8 Å². The highest BCUT2D eigenvalue weighted by molar-refractivity contribution is 7.09. The highest BCUT2D eigenvalue weighted by atomic mass is 32.1. The van der Waals surface area contributed by atoms with Crippen molar-refractivity contribution >= 4 is 17.3 Å². The van der Waals surface area contributed by atoms with Gasteiger partial charge in [0.05, 0.1) is 17.2 Å².